The first-order chi connectivity index (χ1) is 8.73. The van der Waals surface area contributed by atoms with E-state index in [1.54, 1.807) is 26.0 Å². The quantitative estimate of drug-likeness (QED) is 0.767. The minimum absolute atomic E-state index is 0.191. The van der Waals surface area contributed by atoms with Crippen molar-refractivity contribution in [2.75, 3.05) is 19.6 Å². The van der Waals surface area contributed by atoms with Crippen LogP contribution in [0.1, 0.15) is 28.4 Å². The molecule has 1 aromatic carbocycles. The molecule has 0 saturated heterocycles. The molecule has 0 N–H and O–H groups in total. The van der Waals surface area contributed by atoms with E-state index in [0.29, 0.717) is 5.56 Å². The lowest BCUT2D eigenvalue weighted by molar-refractivity contribution is -0.144. The number of likely N-dealkylation sites (N-methyl/N-ethyl adjacent to an activating group) is 1. The second-order valence-corrected chi connectivity index (χ2v) is 4.66. The Labute approximate surface area is 111 Å². The SMILES string of the molecule is CCN(CC(=O)c1ccc(C)cc1C)CC(F)(F)F. The molecule has 0 saturated carbocycles. The fourth-order valence-corrected chi connectivity index (χ4v) is 1.95. The number of hydrogen-bond acceptors (Lipinski definition) is 2. The minimum atomic E-state index is -4.28. The Kier molecular flexibility index (Phi) is 5.11. The highest BCUT2D eigenvalue weighted by Crippen LogP contribution is 2.17. The van der Waals surface area contributed by atoms with Gasteiger partial charge in [0, 0.05) is 5.56 Å². The Morgan fingerprint density at radius 3 is 2.37 bits per heavy atom. The van der Waals surface area contributed by atoms with Crippen LogP contribution in [0, 0.1) is 13.8 Å². The van der Waals surface area contributed by atoms with Gasteiger partial charge in [-0.05, 0) is 26.0 Å². The van der Waals surface area contributed by atoms with Crippen LogP contribution in [-0.4, -0.2) is 36.5 Å². The van der Waals surface area contributed by atoms with Crippen LogP contribution in [0.4, 0.5) is 13.2 Å². The first-order valence-electron chi connectivity index (χ1n) is 6.12. The van der Waals surface area contributed by atoms with E-state index in [0.717, 1.165) is 16.0 Å². The Morgan fingerprint density at radius 2 is 1.89 bits per heavy atom. The van der Waals surface area contributed by atoms with Crippen molar-refractivity contribution < 1.29 is 18.0 Å². The summed E-state index contributed by atoms with van der Waals surface area (Å²) in [7, 11) is 0. The van der Waals surface area contributed by atoms with Gasteiger partial charge in [-0.15, -0.1) is 0 Å². The molecule has 19 heavy (non-hydrogen) atoms. The molecule has 0 amide bonds. The maximum Gasteiger partial charge on any atom is 0.401 e. The van der Waals surface area contributed by atoms with Crippen LogP contribution in [0.5, 0.6) is 0 Å². The number of carbonyl (C=O) groups is 1. The molecule has 2 nitrogen and oxygen atoms in total. The van der Waals surface area contributed by atoms with Crippen molar-refractivity contribution in [3.8, 4) is 0 Å². The highest BCUT2D eigenvalue weighted by Gasteiger charge is 2.31. The van der Waals surface area contributed by atoms with Crippen molar-refractivity contribution in [2.24, 2.45) is 0 Å². The molecule has 0 aliphatic carbocycles. The van der Waals surface area contributed by atoms with Crippen molar-refractivity contribution in [1.29, 1.82) is 0 Å². The van der Waals surface area contributed by atoms with Gasteiger partial charge in [0.25, 0.3) is 0 Å². The number of alkyl halides is 3. The normalized spacial score (nSPS) is 11.9. The maximum atomic E-state index is 12.3. The van der Waals surface area contributed by atoms with Crippen molar-refractivity contribution in [1.82, 2.24) is 4.90 Å². The van der Waals surface area contributed by atoms with Crippen LogP contribution in [0.3, 0.4) is 0 Å². The van der Waals surface area contributed by atoms with Gasteiger partial charge < -0.3 is 0 Å². The second kappa shape index (κ2) is 6.19. The van der Waals surface area contributed by atoms with Gasteiger partial charge in [-0.1, -0.05) is 30.7 Å². The van der Waals surface area contributed by atoms with E-state index in [1.807, 2.05) is 13.0 Å². The Morgan fingerprint density at radius 1 is 1.26 bits per heavy atom. The molecule has 0 bridgehead atoms. The predicted octanol–water partition coefficient (Wildman–Crippen LogP) is 3.37. The van der Waals surface area contributed by atoms with E-state index in [-0.39, 0.29) is 18.9 Å². The van der Waals surface area contributed by atoms with Crippen LogP contribution in [0.15, 0.2) is 18.2 Å². The summed E-state index contributed by atoms with van der Waals surface area (Å²) in [6.45, 7) is 4.24. The van der Waals surface area contributed by atoms with E-state index in [2.05, 4.69) is 0 Å². The van der Waals surface area contributed by atoms with Crippen LogP contribution < -0.4 is 0 Å². The monoisotopic (exact) mass is 273 g/mol. The maximum absolute atomic E-state index is 12.3. The molecule has 1 aromatic rings. The molecule has 0 aliphatic rings. The summed E-state index contributed by atoms with van der Waals surface area (Å²) in [5.74, 6) is -0.274. The molecule has 106 valence electrons. The molecular formula is C14H18F3NO. The molecule has 0 spiro atoms. The summed E-state index contributed by atoms with van der Waals surface area (Å²) in [6.07, 6.45) is -4.28. The lowest BCUT2D eigenvalue weighted by atomic mass is 10.0. The largest absolute Gasteiger partial charge is 0.401 e. The van der Waals surface area contributed by atoms with Crippen molar-refractivity contribution in [3.05, 3.63) is 34.9 Å². The first kappa shape index (κ1) is 15.7. The molecule has 0 radical (unpaired) electrons. The molecule has 0 aromatic heterocycles. The van der Waals surface area contributed by atoms with E-state index in [9.17, 15) is 18.0 Å². The molecule has 0 atom stereocenters. The van der Waals surface area contributed by atoms with Crippen LogP contribution in [-0.2, 0) is 0 Å². The molecule has 0 aliphatic heterocycles. The molecule has 5 heteroatoms. The van der Waals surface area contributed by atoms with E-state index >= 15 is 0 Å². The fourth-order valence-electron chi connectivity index (χ4n) is 1.95. The van der Waals surface area contributed by atoms with E-state index < -0.39 is 12.7 Å². The number of rotatable bonds is 5. The average Bonchev–Trinajstić information content (AvgIpc) is 2.25. The Bertz CT molecular complexity index is 454. The summed E-state index contributed by atoms with van der Waals surface area (Å²) in [4.78, 5) is 13.1. The van der Waals surface area contributed by atoms with E-state index in [4.69, 9.17) is 0 Å². The van der Waals surface area contributed by atoms with Gasteiger partial charge in [0.15, 0.2) is 5.78 Å². The summed E-state index contributed by atoms with van der Waals surface area (Å²) < 4.78 is 37.0. The Balaban J connectivity index is 2.77. The number of halogens is 3. The molecular weight excluding hydrogens is 255 g/mol. The van der Waals surface area contributed by atoms with Crippen LogP contribution >= 0.6 is 0 Å². The zero-order valence-corrected chi connectivity index (χ0v) is 11.3. The third-order valence-electron chi connectivity index (χ3n) is 2.90. The Hall–Kier alpha value is -1.36. The molecule has 0 fully saturated rings. The van der Waals surface area contributed by atoms with Gasteiger partial charge >= 0.3 is 6.18 Å². The molecule has 0 unspecified atom stereocenters. The fraction of sp³-hybridized carbons (Fsp3) is 0.500. The summed E-state index contributed by atoms with van der Waals surface area (Å²) >= 11 is 0. The molecule has 0 heterocycles. The van der Waals surface area contributed by atoms with Crippen molar-refractivity contribution in [2.45, 2.75) is 26.9 Å². The smallest absolute Gasteiger partial charge is 0.293 e. The minimum Gasteiger partial charge on any atom is -0.293 e. The lowest BCUT2D eigenvalue weighted by Crippen LogP contribution is -2.37. The number of aryl methyl sites for hydroxylation is 2. The summed E-state index contributed by atoms with van der Waals surface area (Å²) in [5.41, 5.74) is 2.32. The topological polar surface area (TPSA) is 20.3 Å². The highest BCUT2D eigenvalue weighted by atomic mass is 19.4. The number of carbonyl (C=O) groups excluding carboxylic acids is 1. The second-order valence-electron chi connectivity index (χ2n) is 4.66. The zero-order valence-electron chi connectivity index (χ0n) is 11.3. The van der Waals surface area contributed by atoms with Gasteiger partial charge in [0.2, 0.25) is 0 Å². The number of ketones is 1. The van der Waals surface area contributed by atoms with Crippen LogP contribution in [0.2, 0.25) is 0 Å². The van der Waals surface area contributed by atoms with Crippen molar-refractivity contribution >= 4 is 5.78 Å². The third kappa shape index (κ3) is 5.03. The van der Waals surface area contributed by atoms with Gasteiger partial charge in [0.05, 0.1) is 13.1 Å². The van der Waals surface area contributed by atoms with E-state index in [1.165, 1.54) is 0 Å². The van der Waals surface area contributed by atoms with Gasteiger partial charge in [-0.3, -0.25) is 9.69 Å². The number of nitrogens with zero attached hydrogens (tertiary/aromatic N) is 1. The number of benzene rings is 1. The lowest BCUT2D eigenvalue weighted by Gasteiger charge is -2.21. The zero-order chi connectivity index (χ0) is 14.6. The van der Waals surface area contributed by atoms with Gasteiger partial charge in [-0.25, -0.2) is 0 Å². The first-order valence-corrected chi connectivity index (χ1v) is 6.12. The molecule has 1 rings (SSSR count). The third-order valence-corrected chi connectivity index (χ3v) is 2.90. The van der Waals surface area contributed by atoms with Crippen molar-refractivity contribution in [3.63, 3.8) is 0 Å². The standard InChI is InChI=1S/C14H18F3NO/c1-4-18(9-14(15,16)17)8-13(19)12-6-5-10(2)7-11(12)3/h5-7H,4,8-9H2,1-3H3. The van der Waals surface area contributed by atoms with Gasteiger partial charge in [-0.2, -0.15) is 13.2 Å². The van der Waals surface area contributed by atoms with Crippen LogP contribution in [0.25, 0.3) is 0 Å². The van der Waals surface area contributed by atoms with Gasteiger partial charge in [0.1, 0.15) is 0 Å². The summed E-state index contributed by atoms with van der Waals surface area (Å²) in [6, 6.07) is 5.32. The number of hydrogen-bond donors (Lipinski definition) is 0. The summed E-state index contributed by atoms with van der Waals surface area (Å²) in [5, 5.41) is 0. The number of Topliss-reactive ketones (excluding diaryl/α,β-unsaturated/α-hetero) is 1. The average molecular weight is 273 g/mol. The highest BCUT2D eigenvalue weighted by molar-refractivity contribution is 5.98. The predicted molar refractivity (Wildman–Crippen MR) is 68.4 cm³/mol.